The summed E-state index contributed by atoms with van der Waals surface area (Å²) in [5, 5.41) is 12.4. The topological polar surface area (TPSA) is 82.2 Å². The number of carbonyl (C=O) groups is 2. The third-order valence-corrected chi connectivity index (χ3v) is 6.91. The minimum Gasteiger partial charge on any atom is -0.478 e. The van der Waals surface area contributed by atoms with Gasteiger partial charge >= 0.3 is 5.97 Å². The summed E-state index contributed by atoms with van der Waals surface area (Å²) in [4.78, 5) is 29.6. The van der Waals surface area contributed by atoms with Crippen LogP contribution in [0.2, 0.25) is 0 Å². The Bertz CT molecular complexity index is 1410. The Hall–Kier alpha value is -3.90. The van der Waals surface area contributed by atoms with E-state index in [1.807, 2.05) is 36.4 Å². The second kappa shape index (κ2) is 7.66. The van der Waals surface area contributed by atoms with Gasteiger partial charge in [0.05, 0.1) is 11.1 Å². The molecule has 2 aromatic heterocycles. The van der Waals surface area contributed by atoms with Crippen molar-refractivity contribution in [2.24, 2.45) is 0 Å². The Morgan fingerprint density at radius 1 is 0.969 bits per heavy atom. The van der Waals surface area contributed by atoms with Gasteiger partial charge in [0.25, 0.3) is 5.91 Å². The van der Waals surface area contributed by atoms with Crippen LogP contribution in [-0.2, 0) is 4.79 Å². The van der Waals surface area contributed by atoms with Crippen LogP contribution >= 0.6 is 11.3 Å². The monoisotopic (exact) mass is 440 g/mol. The van der Waals surface area contributed by atoms with E-state index in [2.05, 4.69) is 34.6 Å². The number of anilines is 1. The number of thiophene rings is 1. The summed E-state index contributed by atoms with van der Waals surface area (Å²) in [6.45, 7) is 3.47. The molecule has 1 amide bonds. The molecule has 158 valence electrons. The molecule has 0 unspecified atom stereocenters. The average Bonchev–Trinajstić information content (AvgIpc) is 3.45. The van der Waals surface area contributed by atoms with Crippen LogP contribution in [0.3, 0.4) is 0 Å². The number of aryl methyl sites for hydroxylation is 1. The summed E-state index contributed by atoms with van der Waals surface area (Å²) in [6, 6.07) is 20.4. The fraction of sp³-hybridized carbons (Fsp3) is 0.0769. The Balaban J connectivity index is 1.50. The van der Waals surface area contributed by atoms with Crippen LogP contribution in [0.1, 0.15) is 32.9 Å². The summed E-state index contributed by atoms with van der Waals surface area (Å²) in [5.74, 6) is -1.18. The van der Waals surface area contributed by atoms with Crippen molar-refractivity contribution in [2.75, 3.05) is 5.32 Å². The third-order valence-electron chi connectivity index (χ3n) is 5.73. The van der Waals surface area contributed by atoms with E-state index < -0.39 is 5.97 Å². The van der Waals surface area contributed by atoms with Crippen molar-refractivity contribution in [3.8, 4) is 20.9 Å². The lowest BCUT2D eigenvalue weighted by molar-refractivity contribution is -0.110. The molecular formula is C26H20N2O3S. The van der Waals surface area contributed by atoms with Gasteiger partial charge in [-0.2, -0.15) is 0 Å². The van der Waals surface area contributed by atoms with Crippen molar-refractivity contribution < 1.29 is 14.7 Å². The highest BCUT2D eigenvalue weighted by Gasteiger charge is 2.26. The Morgan fingerprint density at radius 2 is 1.69 bits per heavy atom. The lowest BCUT2D eigenvalue weighted by Gasteiger charge is -2.03. The molecule has 0 aliphatic carbocycles. The number of H-pyrrole nitrogens is 1. The minimum atomic E-state index is -0.979. The molecule has 0 fully saturated rings. The van der Waals surface area contributed by atoms with Crippen LogP contribution < -0.4 is 5.32 Å². The van der Waals surface area contributed by atoms with Gasteiger partial charge in [-0.1, -0.05) is 42.5 Å². The minimum absolute atomic E-state index is 0.197. The van der Waals surface area contributed by atoms with Gasteiger partial charge < -0.3 is 15.4 Å². The fourth-order valence-electron chi connectivity index (χ4n) is 4.13. The molecule has 0 radical (unpaired) electrons. The molecule has 1 aliphatic rings. The zero-order valence-electron chi connectivity index (χ0n) is 17.5. The van der Waals surface area contributed by atoms with Crippen molar-refractivity contribution in [3.63, 3.8) is 0 Å². The number of carboxylic acid groups (broad SMARTS) is 1. The van der Waals surface area contributed by atoms with Crippen molar-refractivity contribution in [2.45, 2.75) is 13.8 Å². The van der Waals surface area contributed by atoms with Gasteiger partial charge in [-0.25, -0.2) is 4.79 Å². The van der Waals surface area contributed by atoms with Crippen LogP contribution in [0, 0.1) is 13.8 Å². The number of hydrogen-bond donors (Lipinski definition) is 3. The molecule has 5 rings (SSSR count). The molecule has 5 nitrogen and oxygen atoms in total. The maximum absolute atomic E-state index is 12.7. The molecule has 0 atom stereocenters. The number of aromatic nitrogens is 1. The van der Waals surface area contributed by atoms with E-state index in [4.69, 9.17) is 0 Å². The normalized spacial score (nSPS) is 13.9. The van der Waals surface area contributed by atoms with Gasteiger partial charge in [0.2, 0.25) is 0 Å². The molecule has 1 aliphatic heterocycles. The lowest BCUT2D eigenvalue weighted by atomic mass is 10.0. The number of carboxylic acids is 1. The van der Waals surface area contributed by atoms with Crippen LogP contribution in [-0.4, -0.2) is 22.0 Å². The van der Waals surface area contributed by atoms with E-state index in [1.54, 1.807) is 31.3 Å². The van der Waals surface area contributed by atoms with Crippen molar-refractivity contribution in [1.29, 1.82) is 0 Å². The van der Waals surface area contributed by atoms with Gasteiger partial charge in [0, 0.05) is 32.4 Å². The zero-order chi connectivity index (χ0) is 22.4. The number of aromatic carboxylic acids is 1. The molecule has 32 heavy (non-hydrogen) atoms. The van der Waals surface area contributed by atoms with Crippen molar-refractivity contribution >= 4 is 40.5 Å². The first-order valence-corrected chi connectivity index (χ1v) is 11.0. The van der Waals surface area contributed by atoms with E-state index in [1.165, 1.54) is 10.4 Å². The van der Waals surface area contributed by atoms with Crippen molar-refractivity contribution in [3.05, 3.63) is 88.7 Å². The standard InChI is InChI=1S/C26H20N2O3S/c1-14-20(27-15(2)24(14)26(30)31)13-19-18-9-8-17(12-21(18)28-25(19)29)23-11-10-22(32-23)16-6-4-3-5-7-16/h3-13,27H,1-2H3,(H,28,29)(H,30,31). The maximum atomic E-state index is 12.7. The van der Waals surface area contributed by atoms with Crippen LogP contribution in [0.15, 0.2) is 60.7 Å². The number of carbonyl (C=O) groups excluding carboxylic acids is 1. The number of hydrogen-bond acceptors (Lipinski definition) is 3. The summed E-state index contributed by atoms with van der Waals surface area (Å²) in [6.07, 6.45) is 1.73. The van der Waals surface area contributed by atoms with E-state index in [0.29, 0.717) is 22.5 Å². The quantitative estimate of drug-likeness (QED) is 0.330. The number of benzene rings is 2. The molecule has 3 heterocycles. The van der Waals surface area contributed by atoms with Gasteiger partial charge in [-0.05, 0) is 54.8 Å². The van der Waals surface area contributed by atoms with Gasteiger partial charge in [0.1, 0.15) is 0 Å². The van der Waals surface area contributed by atoms with Crippen LogP contribution in [0.5, 0.6) is 0 Å². The number of nitrogens with one attached hydrogen (secondary N) is 2. The van der Waals surface area contributed by atoms with E-state index in [9.17, 15) is 14.7 Å². The number of amides is 1. The van der Waals surface area contributed by atoms with E-state index in [0.717, 1.165) is 21.7 Å². The Morgan fingerprint density at radius 3 is 2.38 bits per heavy atom. The summed E-state index contributed by atoms with van der Waals surface area (Å²) >= 11 is 1.71. The van der Waals surface area contributed by atoms with Gasteiger partial charge in [-0.3, -0.25) is 4.79 Å². The maximum Gasteiger partial charge on any atom is 0.337 e. The highest BCUT2D eigenvalue weighted by molar-refractivity contribution is 7.18. The molecule has 0 spiro atoms. The van der Waals surface area contributed by atoms with Crippen molar-refractivity contribution in [1.82, 2.24) is 4.98 Å². The largest absolute Gasteiger partial charge is 0.478 e. The summed E-state index contributed by atoms with van der Waals surface area (Å²) < 4.78 is 0. The van der Waals surface area contributed by atoms with Gasteiger partial charge in [-0.15, -0.1) is 11.3 Å². The Labute approximate surface area is 189 Å². The summed E-state index contributed by atoms with van der Waals surface area (Å²) in [7, 11) is 0. The predicted octanol–water partition coefficient (Wildman–Crippen LogP) is 6.22. The number of rotatable bonds is 4. The molecule has 4 aromatic rings. The first-order valence-electron chi connectivity index (χ1n) is 10.2. The molecule has 0 saturated heterocycles. The highest BCUT2D eigenvalue weighted by atomic mass is 32.1. The highest BCUT2D eigenvalue weighted by Crippen LogP contribution is 2.40. The first-order chi connectivity index (χ1) is 15.4. The third kappa shape index (κ3) is 3.35. The number of aromatic amines is 1. The van der Waals surface area contributed by atoms with Gasteiger partial charge in [0.15, 0.2) is 0 Å². The predicted molar refractivity (Wildman–Crippen MR) is 129 cm³/mol. The summed E-state index contributed by atoms with van der Waals surface area (Å²) in [5.41, 5.74) is 6.37. The molecular weight excluding hydrogens is 420 g/mol. The molecule has 0 bridgehead atoms. The average molecular weight is 441 g/mol. The molecule has 6 heteroatoms. The van der Waals surface area contributed by atoms with E-state index in [-0.39, 0.29) is 11.5 Å². The van der Waals surface area contributed by atoms with Crippen LogP contribution in [0.25, 0.3) is 32.5 Å². The second-order valence-corrected chi connectivity index (χ2v) is 8.86. The van der Waals surface area contributed by atoms with E-state index >= 15 is 0 Å². The lowest BCUT2D eigenvalue weighted by Crippen LogP contribution is -2.03. The smallest absolute Gasteiger partial charge is 0.337 e. The first kappa shape index (κ1) is 20.0. The molecule has 0 saturated carbocycles. The molecule has 3 N–H and O–H groups in total. The zero-order valence-corrected chi connectivity index (χ0v) is 18.3. The fourth-order valence-corrected chi connectivity index (χ4v) is 5.13. The molecule has 2 aromatic carbocycles. The SMILES string of the molecule is Cc1[nH]c(C=C2C(=O)Nc3cc(-c4ccc(-c5ccccc5)s4)ccc32)c(C)c1C(=O)O. The number of fused-ring (bicyclic) bond motifs is 1. The van der Waals surface area contributed by atoms with Crippen LogP contribution in [0.4, 0.5) is 5.69 Å². The second-order valence-electron chi connectivity index (χ2n) is 7.77. The Kier molecular flexibility index (Phi) is 4.79.